The highest BCUT2D eigenvalue weighted by Gasteiger charge is 2.54. The van der Waals surface area contributed by atoms with E-state index in [4.69, 9.17) is 0 Å². The summed E-state index contributed by atoms with van der Waals surface area (Å²) in [6, 6.07) is 0. The van der Waals surface area contributed by atoms with Crippen molar-refractivity contribution in [2.24, 2.45) is 11.8 Å². The van der Waals surface area contributed by atoms with Crippen molar-refractivity contribution in [3.8, 4) is 0 Å². The minimum Gasteiger partial charge on any atom is -0.319 e. The number of unbranched alkanes of at least 4 members (excludes halogenated alkanes) is 1. The van der Waals surface area contributed by atoms with Gasteiger partial charge in [-0.2, -0.15) is 0 Å². The fourth-order valence-electron chi connectivity index (χ4n) is 4.44. The Kier molecular flexibility index (Phi) is 6.36. The molecule has 0 radical (unpaired) electrons. The summed E-state index contributed by atoms with van der Waals surface area (Å²) in [7, 11) is 0. The number of rotatable bonds is 8. The molecule has 0 saturated carbocycles. The summed E-state index contributed by atoms with van der Waals surface area (Å²) in [5.41, 5.74) is 0.540. The summed E-state index contributed by atoms with van der Waals surface area (Å²) < 4.78 is 1.42. The predicted molar refractivity (Wildman–Crippen MR) is 86.3 cm³/mol. The molecule has 1 fully saturated rings. The van der Waals surface area contributed by atoms with E-state index < -0.39 is 0 Å². The molecule has 3 atom stereocenters. The van der Waals surface area contributed by atoms with Gasteiger partial charge in [0.2, 0.25) is 0 Å². The van der Waals surface area contributed by atoms with Crippen LogP contribution in [0.1, 0.15) is 80.1 Å². The second-order valence-corrected chi connectivity index (χ2v) is 7.46. The van der Waals surface area contributed by atoms with E-state index in [-0.39, 0.29) is 0 Å². The third kappa shape index (κ3) is 3.35. The molecule has 0 aromatic heterocycles. The van der Waals surface area contributed by atoms with Crippen molar-refractivity contribution in [3.63, 3.8) is 0 Å². The number of quaternary nitrogens is 1. The summed E-state index contributed by atoms with van der Waals surface area (Å²) in [5.74, 6) is 1.79. The van der Waals surface area contributed by atoms with Crippen LogP contribution in [0.4, 0.5) is 0 Å². The Balaban J connectivity index is 2.93. The van der Waals surface area contributed by atoms with Gasteiger partial charge < -0.3 is 4.48 Å². The molecule has 114 valence electrons. The van der Waals surface area contributed by atoms with Gasteiger partial charge in [-0.05, 0) is 38.5 Å². The molecule has 3 unspecified atom stereocenters. The monoisotopic (exact) mass is 268 g/mol. The van der Waals surface area contributed by atoms with E-state index in [0.29, 0.717) is 5.54 Å². The van der Waals surface area contributed by atoms with E-state index >= 15 is 0 Å². The summed E-state index contributed by atoms with van der Waals surface area (Å²) >= 11 is 0. The van der Waals surface area contributed by atoms with Gasteiger partial charge in [-0.25, -0.2) is 0 Å². The summed E-state index contributed by atoms with van der Waals surface area (Å²) in [5, 5.41) is 0. The topological polar surface area (TPSA) is 0 Å². The highest BCUT2D eigenvalue weighted by molar-refractivity contribution is 4.89. The van der Waals surface area contributed by atoms with Crippen LogP contribution in [0.15, 0.2) is 0 Å². The van der Waals surface area contributed by atoms with Crippen LogP contribution in [0, 0.1) is 11.8 Å². The molecule has 1 saturated heterocycles. The average Bonchev–Trinajstić information content (AvgIpc) is 2.68. The molecule has 0 N–H and O–H groups in total. The van der Waals surface area contributed by atoms with Gasteiger partial charge in [0.25, 0.3) is 0 Å². The lowest BCUT2D eigenvalue weighted by Crippen LogP contribution is -2.61. The van der Waals surface area contributed by atoms with Crippen molar-refractivity contribution >= 4 is 0 Å². The van der Waals surface area contributed by atoms with E-state index in [1.54, 1.807) is 0 Å². The second-order valence-electron chi connectivity index (χ2n) is 7.46. The van der Waals surface area contributed by atoms with Gasteiger partial charge in [-0.3, -0.25) is 0 Å². The van der Waals surface area contributed by atoms with Crippen LogP contribution >= 0.6 is 0 Å². The van der Waals surface area contributed by atoms with Gasteiger partial charge in [-0.15, -0.1) is 0 Å². The molecular formula is C18H38N+. The normalized spacial score (nSPS) is 35.2. The molecule has 19 heavy (non-hydrogen) atoms. The van der Waals surface area contributed by atoms with Gasteiger partial charge in [0.15, 0.2) is 0 Å². The lowest BCUT2D eigenvalue weighted by molar-refractivity contribution is -0.965. The Morgan fingerprint density at radius 3 is 2.32 bits per heavy atom. The van der Waals surface area contributed by atoms with E-state index in [2.05, 4.69) is 41.5 Å². The minimum absolute atomic E-state index is 0.540. The van der Waals surface area contributed by atoms with Crippen LogP contribution in [0.25, 0.3) is 0 Å². The quantitative estimate of drug-likeness (QED) is 0.528. The maximum absolute atomic E-state index is 2.60. The molecular weight excluding hydrogens is 230 g/mol. The SMILES string of the molecule is CCCC[N+]1(CCC(C)C)CCC(CC)C1(C)CC. The number of likely N-dealkylation sites (tertiary alicyclic amines) is 1. The fourth-order valence-corrected chi connectivity index (χ4v) is 4.44. The molecule has 1 rings (SSSR count). The molecule has 0 bridgehead atoms. The molecule has 1 aliphatic heterocycles. The molecule has 0 aromatic carbocycles. The Morgan fingerprint density at radius 2 is 1.84 bits per heavy atom. The van der Waals surface area contributed by atoms with Gasteiger partial charge in [0.1, 0.15) is 0 Å². The zero-order valence-corrected chi connectivity index (χ0v) is 14.5. The van der Waals surface area contributed by atoms with Crippen LogP contribution in [0.2, 0.25) is 0 Å². The largest absolute Gasteiger partial charge is 0.319 e. The standard InChI is InChI=1S/C18H38N/c1-7-10-13-19(14-11-16(4)5)15-12-17(8-2)18(19,6)9-3/h16-17H,7-15H2,1-6H3/q+1. The summed E-state index contributed by atoms with van der Waals surface area (Å²) in [4.78, 5) is 0. The minimum atomic E-state index is 0.540. The lowest BCUT2D eigenvalue weighted by Gasteiger charge is -2.50. The van der Waals surface area contributed by atoms with Gasteiger partial charge >= 0.3 is 0 Å². The molecule has 1 heteroatoms. The Labute approximate surface area is 122 Å². The highest BCUT2D eigenvalue weighted by Crippen LogP contribution is 2.46. The molecule has 0 spiro atoms. The average molecular weight is 269 g/mol. The van der Waals surface area contributed by atoms with Crippen LogP contribution in [0.3, 0.4) is 0 Å². The molecule has 1 heterocycles. The molecule has 0 aromatic rings. The zero-order valence-electron chi connectivity index (χ0n) is 14.5. The van der Waals surface area contributed by atoms with Crippen molar-refractivity contribution in [2.45, 2.75) is 85.6 Å². The number of nitrogens with zero attached hydrogens (tertiary/aromatic N) is 1. The van der Waals surface area contributed by atoms with E-state index in [9.17, 15) is 0 Å². The lowest BCUT2D eigenvalue weighted by atomic mass is 9.80. The van der Waals surface area contributed by atoms with Gasteiger partial charge in [-0.1, -0.05) is 41.0 Å². The Morgan fingerprint density at radius 1 is 1.16 bits per heavy atom. The Bertz CT molecular complexity index is 260. The van der Waals surface area contributed by atoms with E-state index in [1.165, 1.54) is 62.6 Å². The molecule has 1 nitrogen and oxygen atoms in total. The first-order valence-corrected chi connectivity index (χ1v) is 8.82. The number of hydrogen-bond donors (Lipinski definition) is 0. The summed E-state index contributed by atoms with van der Waals surface area (Å²) in [6.07, 6.45) is 8.34. The molecule has 0 amide bonds. The van der Waals surface area contributed by atoms with Gasteiger partial charge in [0, 0.05) is 12.3 Å². The van der Waals surface area contributed by atoms with Crippen molar-refractivity contribution in [1.29, 1.82) is 0 Å². The van der Waals surface area contributed by atoms with Gasteiger partial charge in [0.05, 0.1) is 25.2 Å². The van der Waals surface area contributed by atoms with Crippen molar-refractivity contribution < 1.29 is 4.48 Å². The van der Waals surface area contributed by atoms with Crippen LogP contribution in [-0.2, 0) is 0 Å². The predicted octanol–water partition coefficient (Wildman–Crippen LogP) is 5.25. The first kappa shape index (κ1) is 17.0. The first-order valence-electron chi connectivity index (χ1n) is 8.82. The molecule has 1 aliphatic rings. The maximum atomic E-state index is 2.60. The van der Waals surface area contributed by atoms with Crippen LogP contribution in [0.5, 0.6) is 0 Å². The zero-order chi connectivity index (χ0) is 14.5. The maximum Gasteiger partial charge on any atom is 0.0991 e. The third-order valence-corrected chi connectivity index (χ3v) is 6.15. The highest BCUT2D eigenvalue weighted by atomic mass is 15.4. The van der Waals surface area contributed by atoms with E-state index in [1.807, 2.05) is 0 Å². The Hall–Kier alpha value is -0.0400. The van der Waals surface area contributed by atoms with Crippen molar-refractivity contribution in [1.82, 2.24) is 0 Å². The van der Waals surface area contributed by atoms with Crippen LogP contribution in [-0.4, -0.2) is 29.7 Å². The summed E-state index contributed by atoms with van der Waals surface area (Å²) in [6.45, 7) is 18.8. The van der Waals surface area contributed by atoms with E-state index in [0.717, 1.165) is 11.8 Å². The molecule has 0 aliphatic carbocycles. The third-order valence-electron chi connectivity index (χ3n) is 6.15. The fraction of sp³-hybridized carbons (Fsp3) is 1.00. The second kappa shape index (κ2) is 7.11. The number of hydrogen-bond acceptors (Lipinski definition) is 0. The van der Waals surface area contributed by atoms with Crippen LogP contribution < -0.4 is 0 Å². The first-order chi connectivity index (χ1) is 8.95. The van der Waals surface area contributed by atoms with Crippen molar-refractivity contribution in [2.75, 3.05) is 19.6 Å². The van der Waals surface area contributed by atoms with Crippen molar-refractivity contribution in [3.05, 3.63) is 0 Å². The smallest absolute Gasteiger partial charge is 0.0991 e.